The highest BCUT2D eigenvalue weighted by molar-refractivity contribution is 5.95. The van der Waals surface area contributed by atoms with Crippen molar-refractivity contribution in [3.63, 3.8) is 0 Å². The first-order valence-corrected chi connectivity index (χ1v) is 8.14. The molecule has 1 heterocycles. The number of aromatic nitrogens is 2. The molecule has 1 fully saturated rings. The molecule has 0 radical (unpaired) electrons. The molecule has 1 aliphatic rings. The molecule has 1 aliphatic carbocycles. The summed E-state index contributed by atoms with van der Waals surface area (Å²) in [7, 11) is 3.18. The van der Waals surface area contributed by atoms with Crippen LogP contribution in [0.1, 0.15) is 24.5 Å². The highest BCUT2D eigenvalue weighted by Crippen LogP contribution is 2.45. The van der Waals surface area contributed by atoms with Gasteiger partial charge in [-0.1, -0.05) is 6.08 Å². The van der Waals surface area contributed by atoms with Gasteiger partial charge in [0.2, 0.25) is 0 Å². The Morgan fingerprint density at radius 3 is 2.76 bits per heavy atom. The van der Waals surface area contributed by atoms with E-state index in [4.69, 9.17) is 9.47 Å². The number of carbonyl (C=O) groups is 1. The third-order valence-electron chi connectivity index (χ3n) is 4.08. The van der Waals surface area contributed by atoms with Crippen molar-refractivity contribution in [3.05, 3.63) is 36.5 Å². The molecule has 3 N–H and O–H groups in total. The molecule has 0 unspecified atom stereocenters. The van der Waals surface area contributed by atoms with Crippen LogP contribution in [0, 0.1) is 0 Å². The minimum Gasteiger partial charge on any atom is -0.493 e. The number of rotatable bonds is 7. The number of urea groups is 1. The van der Waals surface area contributed by atoms with E-state index in [0.29, 0.717) is 35.3 Å². The minimum atomic E-state index is -0.287. The number of ether oxygens (including phenoxy) is 2. The molecule has 1 aromatic carbocycles. The first kappa shape index (κ1) is 16.9. The van der Waals surface area contributed by atoms with E-state index in [1.54, 1.807) is 20.3 Å². The van der Waals surface area contributed by atoms with Crippen LogP contribution in [0.2, 0.25) is 0 Å². The number of nitrogens with one attached hydrogen (secondary N) is 3. The topological polar surface area (TPSA) is 88.3 Å². The summed E-state index contributed by atoms with van der Waals surface area (Å²) in [5.41, 5.74) is 3.17. The van der Waals surface area contributed by atoms with Crippen LogP contribution in [0.3, 0.4) is 0 Å². The molecule has 2 amide bonds. The van der Waals surface area contributed by atoms with E-state index in [1.807, 2.05) is 18.2 Å². The number of carbonyl (C=O) groups excluding carboxylic acids is 1. The van der Waals surface area contributed by atoms with Crippen LogP contribution in [-0.2, 0) is 0 Å². The number of methoxy groups -OCH3 is 2. The summed E-state index contributed by atoms with van der Waals surface area (Å²) in [5, 5.41) is 13.1. The number of H-pyrrole nitrogens is 1. The van der Waals surface area contributed by atoms with Gasteiger partial charge in [0, 0.05) is 18.0 Å². The molecule has 132 valence electrons. The van der Waals surface area contributed by atoms with Gasteiger partial charge >= 0.3 is 6.03 Å². The van der Waals surface area contributed by atoms with E-state index < -0.39 is 0 Å². The summed E-state index contributed by atoms with van der Waals surface area (Å²) >= 11 is 0. The van der Waals surface area contributed by atoms with Crippen LogP contribution in [0.4, 0.5) is 10.5 Å². The van der Waals surface area contributed by atoms with Crippen LogP contribution in [-0.4, -0.2) is 37.0 Å². The number of benzene rings is 1. The largest absolute Gasteiger partial charge is 0.493 e. The van der Waals surface area contributed by atoms with Crippen LogP contribution in [0.5, 0.6) is 11.5 Å². The normalized spacial score (nSPS) is 13.2. The van der Waals surface area contributed by atoms with E-state index in [9.17, 15) is 4.79 Å². The Morgan fingerprint density at radius 2 is 2.12 bits per heavy atom. The molecule has 1 saturated carbocycles. The smallest absolute Gasteiger partial charge is 0.319 e. The Hall–Kier alpha value is -2.96. The van der Waals surface area contributed by atoms with Gasteiger partial charge in [0.25, 0.3) is 0 Å². The van der Waals surface area contributed by atoms with Crippen molar-refractivity contribution >= 4 is 11.7 Å². The van der Waals surface area contributed by atoms with Crippen LogP contribution in [0.15, 0.2) is 30.9 Å². The van der Waals surface area contributed by atoms with E-state index in [1.165, 1.54) is 0 Å². The van der Waals surface area contributed by atoms with Gasteiger partial charge in [0.1, 0.15) is 5.69 Å². The lowest BCUT2D eigenvalue weighted by Crippen LogP contribution is -2.29. The number of hydrogen-bond acceptors (Lipinski definition) is 4. The summed E-state index contributed by atoms with van der Waals surface area (Å²) < 4.78 is 10.6. The lowest BCUT2D eigenvalue weighted by Gasteiger charge is -2.11. The summed E-state index contributed by atoms with van der Waals surface area (Å²) in [6.07, 6.45) is 3.82. The van der Waals surface area contributed by atoms with E-state index >= 15 is 0 Å². The fourth-order valence-electron chi connectivity index (χ4n) is 2.66. The van der Waals surface area contributed by atoms with Crippen LogP contribution in [0.25, 0.3) is 11.3 Å². The van der Waals surface area contributed by atoms with Gasteiger partial charge in [-0.15, -0.1) is 6.58 Å². The number of amides is 2. The molecular weight excluding hydrogens is 320 g/mol. The molecule has 0 bridgehead atoms. The van der Waals surface area contributed by atoms with Gasteiger partial charge in [0.15, 0.2) is 11.5 Å². The summed E-state index contributed by atoms with van der Waals surface area (Å²) in [4.78, 5) is 12.1. The molecule has 25 heavy (non-hydrogen) atoms. The zero-order valence-corrected chi connectivity index (χ0v) is 14.4. The van der Waals surface area contributed by atoms with Crippen molar-refractivity contribution < 1.29 is 14.3 Å². The number of hydrogen-bond donors (Lipinski definition) is 3. The molecule has 0 aliphatic heterocycles. The van der Waals surface area contributed by atoms with Crippen molar-refractivity contribution in [2.75, 3.05) is 26.1 Å². The average molecular weight is 342 g/mol. The Labute approximate surface area is 146 Å². The zero-order valence-electron chi connectivity index (χ0n) is 14.4. The lowest BCUT2D eigenvalue weighted by molar-refractivity contribution is 0.253. The molecule has 0 spiro atoms. The van der Waals surface area contributed by atoms with Gasteiger partial charge in [-0.25, -0.2) is 4.79 Å². The highest BCUT2D eigenvalue weighted by Gasteiger charge is 2.31. The van der Waals surface area contributed by atoms with Crippen LogP contribution < -0.4 is 20.1 Å². The molecule has 0 saturated heterocycles. The zero-order chi connectivity index (χ0) is 17.8. The second-order valence-electron chi connectivity index (χ2n) is 5.83. The second kappa shape index (κ2) is 7.29. The Balaban J connectivity index is 1.95. The maximum absolute atomic E-state index is 12.1. The van der Waals surface area contributed by atoms with Gasteiger partial charge in [-0.05, 0) is 31.0 Å². The predicted molar refractivity (Wildman–Crippen MR) is 96.3 cm³/mol. The second-order valence-corrected chi connectivity index (χ2v) is 5.83. The Kier molecular flexibility index (Phi) is 4.92. The molecule has 2 aromatic rings. The molecule has 0 atom stereocenters. The summed E-state index contributed by atoms with van der Waals surface area (Å²) in [5.74, 6) is 1.66. The summed E-state index contributed by atoms with van der Waals surface area (Å²) in [6.45, 7) is 4.00. The predicted octanol–water partition coefficient (Wildman–Crippen LogP) is 3.28. The highest BCUT2D eigenvalue weighted by atomic mass is 16.5. The number of anilines is 1. The van der Waals surface area contributed by atoms with Gasteiger partial charge < -0.3 is 20.1 Å². The molecule has 1 aromatic heterocycles. The van der Waals surface area contributed by atoms with E-state index in [-0.39, 0.29) is 6.03 Å². The van der Waals surface area contributed by atoms with Crippen molar-refractivity contribution in [1.82, 2.24) is 15.5 Å². The quantitative estimate of drug-likeness (QED) is 0.674. The van der Waals surface area contributed by atoms with Crippen molar-refractivity contribution in [2.24, 2.45) is 0 Å². The lowest BCUT2D eigenvalue weighted by atomic mass is 10.1. The number of nitrogens with zero attached hydrogens (tertiary/aromatic N) is 1. The number of aromatic amines is 1. The van der Waals surface area contributed by atoms with Crippen molar-refractivity contribution in [1.29, 1.82) is 0 Å². The fourth-order valence-corrected chi connectivity index (χ4v) is 2.66. The molecule has 7 nitrogen and oxygen atoms in total. The maximum Gasteiger partial charge on any atom is 0.319 e. The average Bonchev–Trinajstić information content (AvgIpc) is 3.40. The summed E-state index contributed by atoms with van der Waals surface area (Å²) in [6, 6.07) is 5.27. The SMILES string of the molecule is C=CCNC(=O)Nc1c(-c2ccc(OC)c(OC)c2)n[nH]c1C1CC1. The van der Waals surface area contributed by atoms with E-state index in [0.717, 1.165) is 24.1 Å². The third-order valence-corrected chi connectivity index (χ3v) is 4.08. The monoisotopic (exact) mass is 342 g/mol. The van der Waals surface area contributed by atoms with Gasteiger partial charge in [0.05, 0.1) is 25.6 Å². The maximum atomic E-state index is 12.1. The van der Waals surface area contributed by atoms with Crippen molar-refractivity contribution in [3.8, 4) is 22.8 Å². The van der Waals surface area contributed by atoms with Crippen molar-refractivity contribution in [2.45, 2.75) is 18.8 Å². The third kappa shape index (κ3) is 3.60. The standard InChI is InChI=1S/C18H22N4O3/c1-4-9-19-18(23)20-17-15(11-5-6-11)21-22-16(17)12-7-8-13(24-2)14(10-12)25-3/h4,7-8,10-11H,1,5-6,9H2,2-3H3,(H,21,22)(H2,19,20,23). The van der Waals surface area contributed by atoms with Crippen LogP contribution >= 0.6 is 0 Å². The first-order valence-electron chi connectivity index (χ1n) is 8.14. The van der Waals surface area contributed by atoms with Gasteiger partial charge in [-0.3, -0.25) is 5.10 Å². The van der Waals surface area contributed by atoms with Gasteiger partial charge in [-0.2, -0.15) is 5.10 Å². The molecule has 7 heteroatoms. The molecular formula is C18H22N4O3. The Bertz CT molecular complexity index is 781. The fraction of sp³-hybridized carbons (Fsp3) is 0.333. The Morgan fingerprint density at radius 1 is 1.36 bits per heavy atom. The first-order chi connectivity index (χ1) is 12.2. The van der Waals surface area contributed by atoms with E-state index in [2.05, 4.69) is 27.4 Å². The molecule has 3 rings (SSSR count). The minimum absolute atomic E-state index is 0.287.